The maximum atomic E-state index is 12.4. The van der Waals surface area contributed by atoms with Crippen LogP contribution in [0.25, 0.3) is 11.2 Å². The number of nitrogens with one attached hydrogen (secondary N) is 1. The first-order chi connectivity index (χ1) is 19.1. The number of nitrogens with two attached hydrogens (primary N) is 1. The summed E-state index contributed by atoms with van der Waals surface area (Å²) in [5.41, 5.74) is 3.77. The predicted molar refractivity (Wildman–Crippen MR) is 157 cm³/mol. The van der Waals surface area contributed by atoms with Crippen LogP contribution in [0.2, 0.25) is 0 Å². The van der Waals surface area contributed by atoms with Gasteiger partial charge in [-0.25, -0.2) is 4.98 Å². The number of nitrogen functional groups attached to an aromatic ring is 1. The standard InChI is InChI=1S/C26H46N5O7PS/c1-2-3-4-5-6-7-8-9-10-11-12-13-14-15-16-26(22(33)21(19(17-32)37-26)38-39(35,36)40)31-18-28-20-23(31)29-25(27)30-24(20)34/h18-19,21-22,32-33H,2-17H2,1H3,(H2,35,36,40)(H3,27,29,30,34)/t19-,21-,22-,26-/m1/s1. The van der Waals surface area contributed by atoms with E-state index in [1.165, 1.54) is 75.1 Å². The molecule has 1 fully saturated rings. The van der Waals surface area contributed by atoms with E-state index in [-0.39, 0.29) is 23.5 Å². The van der Waals surface area contributed by atoms with Crippen LogP contribution in [0.5, 0.6) is 0 Å². The molecule has 0 spiro atoms. The van der Waals surface area contributed by atoms with Crippen molar-refractivity contribution in [3.8, 4) is 0 Å². The molecule has 228 valence electrons. The van der Waals surface area contributed by atoms with Crippen molar-refractivity contribution < 1.29 is 29.3 Å². The summed E-state index contributed by atoms with van der Waals surface area (Å²) in [4.78, 5) is 42.7. The highest BCUT2D eigenvalue weighted by atomic mass is 32.5. The lowest BCUT2D eigenvalue weighted by Crippen LogP contribution is -2.46. The van der Waals surface area contributed by atoms with Gasteiger partial charge in [-0.1, -0.05) is 90.4 Å². The van der Waals surface area contributed by atoms with Gasteiger partial charge in [0.1, 0.15) is 18.3 Å². The Labute approximate surface area is 240 Å². The highest BCUT2D eigenvalue weighted by Gasteiger charge is 2.57. The SMILES string of the molecule is CCCCCCCCCCCCCCCC[C@@]1(n2cnc3c(=O)[nH]c(N)nc32)O[C@H](CO)[C@@H](OP(O)(O)=S)[C@H]1O. The largest absolute Gasteiger partial charge is 0.394 e. The van der Waals surface area contributed by atoms with Crippen LogP contribution in [0, 0.1) is 0 Å². The summed E-state index contributed by atoms with van der Waals surface area (Å²) in [6, 6.07) is 0. The third-order valence-corrected chi connectivity index (χ3v) is 8.43. The third kappa shape index (κ3) is 8.78. The molecule has 7 N–H and O–H groups in total. The van der Waals surface area contributed by atoms with Gasteiger partial charge in [-0.05, 0) is 24.6 Å². The Balaban J connectivity index is 1.60. The number of anilines is 1. The molecule has 3 rings (SSSR count). The Morgan fingerprint density at radius 1 is 1.07 bits per heavy atom. The topological polar surface area (TPSA) is 189 Å². The molecule has 14 heteroatoms. The molecule has 4 atom stereocenters. The Hall–Kier alpha value is -1.44. The van der Waals surface area contributed by atoms with Gasteiger partial charge in [-0.2, -0.15) is 4.98 Å². The van der Waals surface area contributed by atoms with Crippen molar-refractivity contribution in [2.24, 2.45) is 0 Å². The van der Waals surface area contributed by atoms with Crippen molar-refractivity contribution in [3.63, 3.8) is 0 Å². The van der Waals surface area contributed by atoms with E-state index in [1.54, 1.807) is 0 Å². The zero-order chi connectivity index (χ0) is 29.2. The van der Waals surface area contributed by atoms with Crippen LogP contribution in [0.3, 0.4) is 0 Å². The van der Waals surface area contributed by atoms with E-state index in [0.29, 0.717) is 6.42 Å². The van der Waals surface area contributed by atoms with Gasteiger partial charge in [0.25, 0.3) is 5.56 Å². The fraction of sp³-hybridized carbons (Fsp3) is 0.808. The number of aliphatic hydroxyl groups excluding tert-OH is 2. The van der Waals surface area contributed by atoms with Gasteiger partial charge in [0.2, 0.25) is 5.95 Å². The molecule has 1 aliphatic rings. The molecule has 0 aliphatic carbocycles. The lowest BCUT2D eigenvalue weighted by atomic mass is 9.95. The second-order valence-electron chi connectivity index (χ2n) is 10.8. The van der Waals surface area contributed by atoms with E-state index < -0.39 is 42.9 Å². The smallest absolute Gasteiger partial charge is 0.322 e. The summed E-state index contributed by atoms with van der Waals surface area (Å²) in [6.45, 7) is -2.52. The van der Waals surface area contributed by atoms with Crippen molar-refractivity contribution >= 4 is 35.6 Å². The lowest BCUT2D eigenvalue weighted by Gasteiger charge is -2.34. The van der Waals surface area contributed by atoms with Crippen LogP contribution in [0.1, 0.15) is 103 Å². The van der Waals surface area contributed by atoms with E-state index in [2.05, 4.69) is 33.7 Å². The average Bonchev–Trinajstić information content (AvgIpc) is 3.43. The zero-order valence-corrected chi connectivity index (χ0v) is 25.1. The summed E-state index contributed by atoms with van der Waals surface area (Å²) >= 11 is 4.62. The van der Waals surface area contributed by atoms with Crippen LogP contribution < -0.4 is 11.3 Å². The van der Waals surface area contributed by atoms with Crippen LogP contribution in [0.4, 0.5) is 5.95 Å². The number of H-pyrrole nitrogens is 1. The van der Waals surface area contributed by atoms with Gasteiger partial charge < -0.3 is 30.5 Å². The normalized spacial score (nSPS) is 23.4. The van der Waals surface area contributed by atoms with Gasteiger partial charge in [0.15, 0.2) is 16.9 Å². The first-order valence-corrected chi connectivity index (χ1v) is 17.2. The van der Waals surface area contributed by atoms with Gasteiger partial charge in [0, 0.05) is 0 Å². The second-order valence-corrected chi connectivity index (χ2v) is 13.4. The van der Waals surface area contributed by atoms with Gasteiger partial charge in [-0.3, -0.25) is 18.9 Å². The number of fused-ring (bicyclic) bond motifs is 1. The number of unbranched alkanes of at least 4 members (excludes halogenated alkanes) is 13. The first kappa shape index (κ1) is 33.1. The van der Waals surface area contributed by atoms with Gasteiger partial charge in [0.05, 0.1) is 12.9 Å². The number of hydrogen-bond donors (Lipinski definition) is 6. The lowest BCUT2D eigenvalue weighted by molar-refractivity contribution is -0.151. The second kappa shape index (κ2) is 15.7. The minimum Gasteiger partial charge on any atom is -0.394 e. The number of imidazole rings is 1. The highest BCUT2D eigenvalue weighted by molar-refractivity contribution is 8.06. The number of hydrogen-bond acceptors (Lipinski definition) is 9. The van der Waals surface area contributed by atoms with Crippen molar-refractivity contribution in [2.45, 2.75) is 127 Å². The minimum absolute atomic E-state index is 0.00434. The molecular formula is C26H46N5O7PS. The minimum atomic E-state index is -4.19. The number of rotatable bonds is 19. The van der Waals surface area contributed by atoms with Crippen LogP contribution in [-0.2, 0) is 26.8 Å². The van der Waals surface area contributed by atoms with Crippen LogP contribution in [0.15, 0.2) is 11.1 Å². The maximum absolute atomic E-state index is 12.4. The molecule has 1 saturated heterocycles. The summed E-state index contributed by atoms with van der Waals surface area (Å²) in [5, 5.41) is 21.4. The van der Waals surface area contributed by atoms with E-state index in [1.807, 2.05) is 0 Å². The quantitative estimate of drug-likeness (QED) is 0.102. The molecule has 2 aromatic heterocycles. The summed E-state index contributed by atoms with van der Waals surface area (Å²) < 4.78 is 12.8. The maximum Gasteiger partial charge on any atom is 0.322 e. The van der Waals surface area contributed by atoms with Gasteiger partial charge in [-0.15, -0.1) is 0 Å². The third-order valence-electron chi connectivity index (χ3n) is 7.66. The predicted octanol–water partition coefficient (Wildman–Crippen LogP) is 3.57. The van der Waals surface area contributed by atoms with E-state index >= 15 is 0 Å². The molecule has 0 radical (unpaired) electrons. The highest BCUT2D eigenvalue weighted by Crippen LogP contribution is 2.48. The molecule has 1 aliphatic heterocycles. The molecule has 0 aromatic carbocycles. The fourth-order valence-corrected chi connectivity index (χ4v) is 6.45. The molecule has 3 heterocycles. The number of nitrogens with zero attached hydrogens (tertiary/aromatic N) is 3. The van der Waals surface area contributed by atoms with E-state index in [0.717, 1.165) is 19.3 Å². The summed E-state index contributed by atoms with van der Waals surface area (Å²) in [7, 11) is 0. The number of ether oxygens (including phenoxy) is 1. The van der Waals surface area contributed by atoms with Crippen LogP contribution in [-0.4, -0.2) is 64.4 Å². The fourth-order valence-electron chi connectivity index (χ4n) is 5.59. The molecular weight excluding hydrogens is 557 g/mol. The number of aliphatic hydroxyl groups is 2. The molecule has 0 bridgehead atoms. The molecule has 40 heavy (non-hydrogen) atoms. The first-order valence-electron chi connectivity index (χ1n) is 14.6. The zero-order valence-electron chi connectivity index (χ0n) is 23.4. The molecule has 0 saturated carbocycles. The van der Waals surface area contributed by atoms with Crippen molar-refractivity contribution in [1.29, 1.82) is 0 Å². The molecule has 0 unspecified atom stereocenters. The monoisotopic (exact) mass is 603 g/mol. The molecule has 12 nitrogen and oxygen atoms in total. The van der Waals surface area contributed by atoms with Crippen molar-refractivity contribution in [2.75, 3.05) is 12.3 Å². The average molecular weight is 604 g/mol. The van der Waals surface area contributed by atoms with Crippen molar-refractivity contribution in [3.05, 3.63) is 16.7 Å². The summed E-state index contributed by atoms with van der Waals surface area (Å²) in [5.74, 6) is -0.133. The Kier molecular flexibility index (Phi) is 13.0. The summed E-state index contributed by atoms with van der Waals surface area (Å²) in [6.07, 6.45) is 14.3. The van der Waals surface area contributed by atoms with E-state index in [4.69, 9.17) is 15.0 Å². The Morgan fingerprint density at radius 3 is 2.15 bits per heavy atom. The van der Waals surface area contributed by atoms with Crippen molar-refractivity contribution in [1.82, 2.24) is 19.5 Å². The Bertz CT molecular complexity index is 1160. The molecule has 2 aromatic rings. The Morgan fingerprint density at radius 2 is 1.62 bits per heavy atom. The van der Waals surface area contributed by atoms with Crippen LogP contribution >= 0.6 is 6.72 Å². The number of aromatic nitrogens is 4. The van der Waals surface area contributed by atoms with Gasteiger partial charge >= 0.3 is 6.72 Å². The van der Waals surface area contributed by atoms with E-state index in [9.17, 15) is 24.8 Å². The molecule has 0 amide bonds. The number of aromatic amines is 1.